The van der Waals surface area contributed by atoms with Gasteiger partial charge in [-0.25, -0.2) is 0 Å². The van der Waals surface area contributed by atoms with Gasteiger partial charge in [0.05, 0.1) is 4.90 Å². The third kappa shape index (κ3) is 4.46. The van der Waals surface area contributed by atoms with E-state index < -0.39 is 10.1 Å². The molecule has 5 heteroatoms. The molecule has 4 nitrogen and oxygen atoms in total. The lowest BCUT2D eigenvalue weighted by molar-refractivity contribution is 0.145. The van der Waals surface area contributed by atoms with Crippen molar-refractivity contribution in [1.29, 1.82) is 0 Å². The Morgan fingerprint density at radius 1 is 1.35 bits per heavy atom. The Morgan fingerprint density at radius 2 is 2.06 bits per heavy atom. The summed E-state index contributed by atoms with van der Waals surface area (Å²) >= 11 is 0. The first-order valence-corrected chi connectivity index (χ1v) is 7.04. The monoisotopic (exact) mass is 258 g/mol. The maximum absolute atomic E-state index is 11.0. The van der Waals surface area contributed by atoms with Crippen molar-refractivity contribution in [3.8, 4) is 0 Å². The Bertz CT molecular complexity index is 465. The molecule has 1 rings (SSSR count). The SMILES string of the molecule is CCOCCCc1cc(S(=O)(=O)O)ccc1C. The molecule has 1 aromatic carbocycles. The molecular formula is C12H18O4S. The smallest absolute Gasteiger partial charge is 0.294 e. The predicted molar refractivity (Wildman–Crippen MR) is 65.8 cm³/mol. The molecule has 96 valence electrons. The molecule has 0 unspecified atom stereocenters. The van der Waals surface area contributed by atoms with Crippen LogP contribution in [-0.4, -0.2) is 26.2 Å². The van der Waals surface area contributed by atoms with Gasteiger partial charge in [-0.3, -0.25) is 4.55 Å². The fourth-order valence-corrected chi connectivity index (χ4v) is 2.12. The van der Waals surface area contributed by atoms with Gasteiger partial charge in [0.2, 0.25) is 0 Å². The minimum Gasteiger partial charge on any atom is -0.382 e. The van der Waals surface area contributed by atoms with E-state index in [-0.39, 0.29) is 4.90 Å². The quantitative estimate of drug-likeness (QED) is 0.627. The number of hydrogen-bond donors (Lipinski definition) is 1. The minimum absolute atomic E-state index is 0.0468. The molecule has 0 aliphatic carbocycles. The minimum atomic E-state index is -4.11. The molecule has 0 radical (unpaired) electrons. The Kier molecular flexibility index (Phi) is 5.11. The molecule has 0 aliphatic heterocycles. The maximum Gasteiger partial charge on any atom is 0.294 e. The summed E-state index contributed by atoms with van der Waals surface area (Å²) in [4.78, 5) is -0.0468. The molecule has 0 aromatic heterocycles. The van der Waals surface area contributed by atoms with Crippen molar-refractivity contribution in [2.75, 3.05) is 13.2 Å². The predicted octanol–water partition coefficient (Wildman–Crippen LogP) is 2.21. The van der Waals surface area contributed by atoms with E-state index >= 15 is 0 Å². The zero-order valence-corrected chi connectivity index (χ0v) is 11.0. The Morgan fingerprint density at radius 3 is 2.65 bits per heavy atom. The van der Waals surface area contributed by atoms with Crippen LogP contribution < -0.4 is 0 Å². The highest BCUT2D eigenvalue weighted by atomic mass is 32.2. The van der Waals surface area contributed by atoms with Crippen molar-refractivity contribution >= 4 is 10.1 Å². The zero-order chi connectivity index (χ0) is 12.9. The van der Waals surface area contributed by atoms with E-state index in [1.54, 1.807) is 6.07 Å². The Balaban J connectivity index is 2.77. The van der Waals surface area contributed by atoms with Crippen LogP contribution in [0, 0.1) is 6.92 Å². The summed E-state index contributed by atoms with van der Waals surface area (Å²) in [6.45, 7) is 5.20. The lowest BCUT2D eigenvalue weighted by Crippen LogP contribution is -2.02. The largest absolute Gasteiger partial charge is 0.382 e. The first kappa shape index (κ1) is 14.2. The second-order valence-corrected chi connectivity index (χ2v) is 5.29. The maximum atomic E-state index is 11.0. The van der Waals surface area contributed by atoms with Crippen LogP contribution in [0.25, 0.3) is 0 Å². The summed E-state index contributed by atoms with van der Waals surface area (Å²) in [7, 11) is -4.11. The number of hydrogen-bond acceptors (Lipinski definition) is 3. The van der Waals surface area contributed by atoms with Gasteiger partial charge < -0.3 is 4.74 Å². The highest BCUT2D eigenvalue weighted by Crippen LogP contribution is 2.16. The molecule has 1 N–H and O–H groups in total. The van der Waals surface area contributed by atoms with Crippen LogP contribution >= 0.6 is 0 Å². The van der Waals surface area contributed by atoms with Gasteiger partial charge in [0.25, 0.3) is 10.1 Å². The average Bonchev–Trinajstić information content (AvgIpc) is 2.25. The van der Waals surface area contributed by atoms with Gasteiger partial charge in [0.15, 0.2) is 0 Å². The first-order valence-electron chi connectivity index (χ1n) is 5.60. The van der Waals surface area contributed by atoms with Crippen LogP contribution in [0.5, 0.6) is 0 Å². The normalized spacial score (nSPS) is 11.7. The van der Waals surface area contributed by atoms with Gasteiger partial charge in [0, 0.05) is 13.2 Å². The summed E-state index contributed by atoms with van der Waals surface area (Å²) in [5.41, 5.74) is 1.95. The van der Waals surface area contributed by atoms with Crippen molar-refractivity contribution < 1.29 is 17.7 Å². The van der Waals surface area contributed by atoms with Crippen LogP contribution in [-0.2, 0) is 21.3 Å². The summed E-state index contributed by atoms with van der Waals surface area (Å²) in [6.07, 6.45) is 1.58. The van der Waals surface area contributed by atoms with Crippen LogP contribution in [0.2, 0.25) is 0 Å². The van der Waals surface area contributed by atoms with E-state index in [0.717, 1.165) is 24.0 Å². The van der Waals surface area contributed by atoms with Crippen molar-refractivity contribution in [2.45, 2.75) is 31.6 Å². The lowest BCUT2D eigenvalue weighted by atomic mass is 10.0. The fourth-order valence-electron chi connectivity index (χ4n) is 1.59. The number of benzene rings is 1. The van der Waals surface area contributed by atoms with Crippen LogP contribution in [0.15, 0.2) is 23.1 Å². The van der Waals surface area contributed by atoms with Crippen molar-refractivity contribution in [3.05, 3.63) is 29.3 Å². The zero-order valence-electron chi connectivity index (χ0n) is 10.1. The molecule has 0 atom stereocenters. The fraction of sp³-hybridized carbons (Fsp3) is 0.500. The molecule has 0 heterocycles. The van der Waals surface area contributed by atoms with E-state index in [2.05, 4.69) is 0 Å². The van der Waals surface area contributed by atoms with Gasteiger partial charge in [-0.05, 0) is 49.9 Å². The molecule has 0 amide bonds. The summed E-state index contributed by atoms with van der Waals surface area (Å²) in [5, 5.41) is 0. The molecule has 0 saturated heterocycles. The van der Waals surface area contributed by atoms with E-state index in [9.17, 15) is 8.42 Å². The number of ether oxygens (including phenoxy) is 1. The van der Waals surface area contributed by atoms with Crippen molar-refractivity contribution in [3.63, 3.8) is 0 Å². The van der Waals surface area contributed by atoms with Crippen molar-refractivity contribution in [2.24, 2.45) is 0 Å². The van der Waals surface area contributed by atoms with Crippen molar-refractivity contribution in [1.82, 2.24) is 0 Å². The average molecular weight is 258 g/mol. The van der Waals surface area contributed by atoms with Crippen LogP contribution in [0.4, 0.5) is 0 Å². The number of aryl methyl sites for hydroxylation is 2. The molecule has 0 spiro atoms. The topological polar surface area (TPSA) is 63.6 Å². The van der Waals surface area contributed by atoms with Gasteiger partial charge in [-0.15, -0.1) is 0 Å². The second-order valence-electron chi connectivity index (χ2n) is 3.86. The standard InChI is InChI=1S/C12H18O4S/c1-3-16-8-4-5-11-9-12(17(13,14)15)7-6-10(11)2/h6-7,9H,3-5,8H2,1-2H3,(H,13,14,15). The Labute approximate surface area is 102 Å². The van der Waals surface area contributed by atoms with Gasteiger partial charge in [0.1, 0.15) is 0 Å². The summed E-state index contributed by atoms with van der Waals surface area (Å²) in [6, 6.07) is 4.65. The van der Waals surface area contributed by atoms with Crippen LogP contribution in [0.1, 0.15) is 24.5 Å². The Hall–Kier alpha value is -0.910. The molecule has 0 saturated carbocycles. The third-order valence-corrected chi connectivity index (χ3v) is 3.41. The highest BCUT2D eigenvalue weighted by Gasteiger charge is 2.11. The first-order chi connectivity index (χ1) is 7.95. The van der Waals surface area contributed by atoms with Gasteiger partial charge >= 0.3 is 0 Å². The summed E-state index contributed by atoms with van der Waals surface area (Å²) < 4.78 is 36.2. The molecule has 0 fully saturated rings. The lowest BCUT2D eigenvalue weighted by Gasteiger charge is -2.07. The highest BCUT2D eigenvalue weighted by molar-refractivity contribution is 7.85. The number of rotatable bonds is 6. The molecular weight excluding hydrogens is 240 g/mol. The third-order valence-electron chi connectivity index (χ3n) is 2.56. The van der Waals surface area contributed by atoms with E-state index in [0.29, 0.717) is 13.2 Å². The van der Waals surface area contributed by atoms with Gasteiger partial charge in [-0.1, -0.05) is 6.07 Å². The molecule has 0 aliphatic rings. The molecule has 0 bridgehead atoms. The summed E-state index contributed by atoms with van der Waals surface area (Å²) in [5.74, 6) is 0. The van der Waals surface area contributed by atoms with Crippen LogP contribution in [0.3, 0.4) is 0 Å². The second kappa shape index (κ2) is 6.14. The van der Waals surface area contributed by atoms with E-state index in [1.165, 1.54) is 12.1 Å². The molecule has 17 heavy (non-hydrogen) atoms. The van der Waals surface area contributed by atoms with E-state index in [4.69, 9.17) is 9.29 Å². The van der Waals surface area contributed by atoms with Gasteiger partial charge in [-0.2, -0.15) is 8.42 Å². The van der Waals surface area contributed by atoms with E-state index in [1.807, 2.05) is 13.8 Å². The molecule has 1 aromatic rings.